The summed E-state index contributed by atoms with van der Waals surface area (Å²) in [4.78, 5) is 2.80. The van der Waals surface area contributed by atoms with Crippen LogP contribution in [0.25, 0.3) is 0 Å². The zero-order valence-corrected chi connectivity index (χ0v) is 23.5. The number of allylic oxidation sites excluding steroid dienone is 1. The molecule has 0 amide bonds. The Bertz CT molecular complexity index is 1010. The molecule has 2 aromatic carbocycles. The van der Waals surface area contributed by atoms with Crippen LogP contribution in [0.1, 0.15) is 106 Å². The molecule has 2 aromatic rings. The van der Waals surface area contributed by atoms with E-state index in [9.17, 15) is 0 Å². The van der Waals surface area contributed by atoms with Gasteiger partial charge in [0.05, 0.1) is 0 Å². The van der Waals surface area contributed by atoms with Gasteiger partial charge in [0.15, 0.2) is 0 Å². The summed E-state index contributed by atoms with van der Waals surface area (Å²) < 4.78 is 0. The molecule has 0 saturated carbocycles. The highest BCUT2D eigenvalue weighted by molar-refractivity contribution is 5.40. The molecule has 0 radical (unpaired) electrons. The van der Waals surface area contributed by atoms with Crippen molar-refractivity contribution in [2.24, 2.45) is 5.41 Å². The molecule has 0 saturated heterocycles. The second-order valence-corrected chi connectivity index (χ2v) is 11.8. The van der Waals surface area contributed by atoms with Crippen LogP contribution in [0.15, 0.2) is 54.4 Å². The summed E-state index contributed by atoms with van der Waals surface area (Å²) in [6.07, 6.45) is 10.5. The average Bonchev–Trinajstić information content (AvgIpc) is 3.22. The predicted octanol–water partition coefficient (Wildman–Crippen LogP) is 7.48. The molecule has 1 aliphatic heterocycles. The van der Waals surface area contributed by atoms with E-state index in [4.69, 9.17) is 0 Å². The van der Waals surface area contributed by atoms with Crippen LogP contribution in [-0.4, -0.2) is 24.5 Å². The molecule has 4 rings (SSSR count). The van der Waals surface area contributed by atoms with Gasteiger partial charge in [0.2, 0.25) is 0 Å². The maximum absolute atomic E-state index is 3.60. The van der Waals surface area contributed by atoms with Gasteiger partial charge in [-0.1, -0.05) is 76.6 Å². The molecule has 2 aliphatic rings. The van der Waals surface area contributed by atoms with Gasteiger partial charge in [0, 0.05) is 44.1 Å². The van der Waals surface area contributed by atoms with Gasteiger partial charge in [-0.3, -0.25) is 4.90 Å². The highest BCUT2D eigenvalue weighted by Gasteiger charge is 2.35. The lowest BCUT2D eigenvalue weighted by Gasteiger charge is -2.34. The molecule has 0 spiro atoms. The van der Waals surface area contributed by atoms with Crippen LogP contribution in [0.5, 0.6) is 0 Å². The first-order valence-electron chi connectivity index (χ1n) is 14.5. The molecule has 3 nitrogen and oxygen atoms in total. The number of nitrogens with one attached hydrogen (secondary N) is 2. The maximum atomic E-state index is 3.60. The lowest BCUT2D eigenvalue weighted by molar-refractivity contribution is 0.129. The number of nitrogens with zero attached hydrogens (tertiary/aromatic N) is 1. The zero-order chi connectivity index (χ0) is 25.5. The molecule has 0 bridgehead atoms. The van der Waals surface area contributed by atoms with E-state index in [-0.39, 0.29) is 0 Å². The van der Waals surface area contributed by atoms with Gasteiger partial charge in [-0.25, -0.2) is 0 Å². The summed E-state index contributed by atoms with van der Waals surface area (Å²) in [5.41, 5.74) is 9.40. The van der Waals surface area contributed by atoms with Gasteiger partial charge in [-0.05, 0) is 84.6 Å². The van der Waals surface area contributed by atoms with E-state index in [2.05, 4.69) is 98.8 Å². The molecule has 0 aromatic heterocycles. The highest BCUT2D eigenvalue weighted by atomic mass is 15.2. The number of hydrogen-bond donors (Lipinski definition) is 2. The molecule has 2 unspecified atom stereocenters. The fourth-order valence-corrected chi connectivity index (χ4v) is 6.50. The third-order valence-electron chi connectivity index (χ3n) is 8.25. The molecule has 0 fully saturated rings. The van der Waals surface area contributed by atoms with Crippen molar-refractivity contribution in [2.45, 2.75) is 98.1 Å². The number of aryl methyl sites for hydroxylation is 1. The second kappa shape index (κ2) is 12.3. The summed E-state index contributed by atoms with van der Waals surface area (Å²) in [7, 11) is 0. The Morgan fingerprint density at radius 1 is 1.08 bits per heavy atom. The van der Waals surface area contributed by atoms with Crippen molar-refractivity contribution >= 4 is 0 Å². The van der Waals surface area contributed by atoms with Gasteiger partial charge in [-0.15, -0.1) is 0 Å². The summed E-state index contributed by atoms with van der Waals surface area (Å²) in [5, 5.41) is 7.09. The Morgan fingerprint density at radius 2 is 1.89 bits per heavy atom. The van der Waals surface area contributed by atoms with Gasteiger partial charge in [0.1, 0.15) is 0 Å². The van der Waals surface area contributed by atoms with Crippen LogP contribution in [0, 0.1) is 5.41 Å². The molecule has 2 N–H and O–H groups in total. The standard InChI is InChI=1S/C33H49N3/c1-6-11-30(35-8-3)22-34-19-18-25(7-2)27-15-14-26-16-17-32(31(26)20-27)36-23-29-13-10-9-12-28(29)21-33(4,5)24-36/h9-10,12-15,20,22,25,32,34-35H,6-8,11,16-19,21,23-24H2,1-5H3/b30-22-. The van der Waals surface area contributed by atoms with Crippen LogP contribution >= 0.6 is 0 Å². The van der Waals surface area contributed by atoms with Gasteiger partial charge >= 0.3 is 0 Å². The monoisotopic (exact) mass is 487 g/mol. The second-order valence-electron chi connectivity index (χ2n) is 11.8. The minimum Gasteiger partial charge on any atom is -0.389 e. The maximum Gasteiger partial charge on any atom is 0.0357 e. The van der Waals surface area contributed by atoms with Crippen molar-refractivity contribution in [1.82, 2.24) is 15.5 Å². The summed E-state index contributed by atoms with van der Waals surface area (Å²) in [5.74, 6) is 0.604. The lowest BCUT2D eigenvalue weighted by atomic mass is 9.85. The number of benzene rings is 2. The molecule has 36 heavy (non-hydrogen) atoms. The van der Waals surface area contributed by atoms with Crippen LogP contribution in [0.3, 0.4) is 0 Å². The Labute approximate surface area is 220 Å². The molecular weight excluding hydrogens is 438 g/mol. The molecule has 1 heterocycles. The van der Waals surface area contributed by atoms with Crippen molar-refractivity contribution in [1.29, 1.82) is 0 Å². The number of rotatable bonds is 11. The van der Waals surface area contributed by atoms with Crippen molar-refractivity contribution in [3.05, 3.63) is 82.2 Å². The summed E-state index contributed by atoms with van der Waals surface area (Å²) in [6.45, 7) is 15.9. The van der Waals surface area contributed by atoms with Crippen LogP contribution in [0.4, 0.5) is 0 Å². The molecule has 3 heteroatoms. The van der Waals surface area contributed by atoms with Crippen molar-refractivity contribution < 1.29 is 0 Å². The summed E-state index contributed by atoms with van der Waals surface area (Å²) in [6, 6.07) is 17.1. The van der Waals surface area contributed by atoms with E-state index < -0.39 is 0 Å². The minimum absolute atomic E-state index is 0.293. The van der Waals surface area contributed by atoms with Crippen LogP contribution < -0.4 is 10.6 Å². The normalized spacial score (nSPS) is 20.4. The van der Waals surface area contributed by atoms with Crippen molar-refractivity contribution in [3.8, 4) is 0 Å². The van der Waals surface area contributed by atoms with E-state index in [1.165, 1.54) is 55.3 Å². The highest BCUT2D eigenvalue weighted by Crippen LogP contribution is 2.42. The lowest BCUT2D eigenvalue weighted by Crippen LogP contribution is -2.35. The molecular formula is C33H49N3. The van der Waals surface area contributed by atoms with E-state index >= 15 is 0 Å². The topological polar surface area (TPSA) is 27.3 Å². The zero-order valence-electron chi connectivity index (χ0n) is 23.5. The minimum atomic E-state index is 0.293. The average molecular weight is 488 g/mol. The fraction of sp³-hybridized carbons (Fsp3) is 0.576. The SMILES string of the molecule is CCC/C(=C/NCCC(CC)c1ccc2c(c1)C(N1Cc3ccccc3CC(C)(C)C1)CC2)NCC. The Kier molecular flexibility index (Phi) is 9.17. The molecule has 2 atom stereocenters. The summed E-state index contributed by atoms with van der Waals surface area (Å²) >= 11 is 0. The van der Waals surface area contributed by atoms with E-state index in [0.29, 0.717) is 17.4 Å². The van der Waals surface area contributed by atoms with Crippen LogP contribution in [-0.2, 0) is 19.4 Å². The third kappa shape index (κ3) is 6.54. The third-order valence-corrected chi connectivity index (χ3v) is 8.25. The predicted molar refractivity (Wildman–Crippen MR) is 154 cm³/mol. The van der Waals surface area contributed by atoms with E-state index in [1.807, 2.05) is 0 Å². The van der Waals surface area contributed by atoms with Gasteiger partial charge < -0.3 is 10.6 Å². The van der Waals surface area contributed by atoms with E-state index in [1.54, 1.807) is 16.7 Å². The van der Waals surface area contributed by atoms with E-state index in [0.717, 1.165) is 32.6 Å². The largest absolute Gasteiger partial charge is 0.389 e. The van der Waals surface area contributed by atoms with Gasteiger partial charge in [0.25, 0.3) is 0 Å². The molecule has 1 aliphatic carbocycles. The number of hydrogen-bond acceptors (Lipinski definition) is 3. The van der Waals surface area contributed by atoms with Crippen LogP contribution in [0.2, 0.25) is 0 Å². The quantitative estimate of drug-likeness (QED) is 0.322. The van der Waals surface area contributed by atoms with Gasteiger partial charge in [-0.2, -0.15) is 0 Å². The smallest absolute Gasteiger partial charge is 0.0357 e. The first-order valence-corrected chi connectivity index (χ1v) is 14.5. The fourth-order valence-electron chi connectivity index (χ4n) is 6.50. The first-order chi connectivity index (χ1) is 17.4. The number of fused-ring (bicyclic) bond motifs is 2. The Morgan fingerprint density at radius 3 is 2.64 bits per heavy atom. The van der Waals surface area contributed by atoms with Crippen molar-refractivity contribution in [2.75, 3.05) is 19.6 Å². The first kappa shape index (κ1) is 26.8. The Balaban J connectivity index is 1.48. The van der Waals surface area contributed by atoms with Crippen molar-refractivity contribution in [3.63, 3.8) is 0 Å². The Hall–Kier alpha value is -2.26. The molecule has 196 valence electrons.